The number of amides is 5. The molecule has 7 aromatic rings. The molecule has 0 radical (unpaired) electrons. The predicted octanol–water partition coefficient (Wildman–Crippen LogP) is 9.77. The molecule has 4 saturated heterocycles. The number of sulfonamides is 1. The maximum atomic E-state index is 14.2. The molecule has 2 aromatic heterocycles. The minimum absolute atomic E-state index is 0.0743. The summed E-state index contributed by atoms with van der Waals surface area (Å²) in [5.74, 6) is -1.14. The zero-order chi connectivity index (χ0) is 63.2. The highest BCUT2D eigenvalue weighted by Gasteiger charge is 2.45. The number of unbranched alkanes of at least 4 members (excludes halogenated alkanes) is 2. The lowest BCUT2D eigenvalue weighted by atomic mass is 9.96. The first kappa shape index (κ1) is 62.5. The number of piperidine rings is 2. The quantitative estimate of drug-likeness (QED) is 0.0201. The fourth-order valence-electron chi connectivity index (χ4n) is 12.9. The summed E-state index contributed by atoms with van der Waals surface area (Å²) in [6, 6.07) is 30.4. The Morgan fingerprint density at radius 3 is 2.35 bits per heavy atom. The van der Waals surface area contributed by atoms with E-state index < -0.39 is 61.1 Å². The number of nitrogens with one attached hydrogen (secondary N) is 4. The molecule has 7 heterocycles. The van der Waals surface area contributed by atoms with Crippen molar-refractivity contribution in [2.45, 2.75) is 81.7 Å². The molecular formula is C67H71ClN10O12S. The van der Waals surface area contributed by atoms with Gasteiger partial charge in [-0.3, -0.25) is 49.2 Å². The zero-order valence-corrected chi connectivity index (χ0v) is 51.8. The van der Waals surface area contributed by atoms with Crippen LogP contribution >= 0.6 is 11.6 Å². The van der Waals surface area contributed by atoms with Crippen molar-refractivity contribution in [1.82, 2.24) is 34.7 Å². The van der Waals surface area contributed by atoms with Crippen molar-refractivity contribution in [2.24, 2.45) is 11.8 Å². The zero-order valence-electron chi connectivity index (χ0n) is 50.2. The van der Waals surface area contributed by atoms with Gasteiger partial charge in [0.25, 0.3) is 33.4 Å². The summed E-state index contributed by atoms with van der Waals surface area (Å²) in [6.07, 6.45) is 10.5. The standard InChI is InChI=1S/C67H71ClN10O12S/c68-48-13-11-45(12-14-48)52-8-5-10-59(89-42-44-22-28-74(29-23-44)27-3-1-2-6-46-7-4-9-54-62(46)67(83)77(66(54)82)57-19-20-61(79)72-65(57)81)55(52)41-75-30-32-76(33-31-75)49-15-17-53(60(37-49)90-50-36-47-21-26-69-63(47)71-40-50)64(80)73-91(86,87)51-16-18-56(58(38-51)78(84)85)70-39-43-24-34-88-35-25-43/h4-5,7-18,21,26,36-38,40,43-44,57,70H,1-3,6,19-20,22-25,27-35,39,41-42H2,(H,69,71)(H,73,80)(H,72,79,81). The van der Waals surface area contributed by atoms with E-state index in [0.29, 0.717) is 99.0 Å². The van der Waals surface area contributed by atoms with Crippen molar-refractivity contribution in [2.75, 3.05) is 82.4 Å². The van der Waals surface area contributed by atoms with E-state index in [1.54, 1.807) is 36.5 Å². The number of pyridine rings is 1. The van der Waals surface area contributed by atoms with Crippen LogP contribution in [-0.2, 0) is 37.3 Å². The molecule has 5 aromatic carbocycles. The number of piperazine rings is 1. The van der Waals surface area contributed by atoms with E-state index >= 15 is 0 Å². The monoisotopic (exact) mass is 1270 g/mol. The van der Waals surface area contributed by atoms with Gasteiger partial charge in [0.1, 0.15) is 34.6 Å². The number of fused-ring (bicyclic) bond motifs is 2. The molecule has 0 aliphatic carbocycles. The van der Waals surface area contributed by atoms with Crippen molar-refractivity contribution in [3.05, 3.63) is 165 Å². The average molecular weight is 1280 g/mol. The highest BCUT2D eigenvalue weighted by Crippen LogP contribution is 2.38. The van der Waals surface area contributed by atoms with Crippen molar-refractivity contribution >= 4 is 79.3 Å². The number of carbonyl (C=O) groups is 5. The third-order valence-electron chi connectivity index (χ3n) is 18.0. The van der Waals surface area contributed by atoms with Crippen LogP contribution in [0.15, 0.2) is 126 Å². The van der Waals surface area contributed by atoms with Crippen LogP contribution in [-0.4, -0.2) is 146 Å². The van der Waals surface area contributed by atoms with Crippen molar-refractivity contribution in [1.29, 1.82) is 0 Å². The number of nitro groups is 1. The maximum absolute atomic E-state index is 14.2. The number of anilines is 2. The summed E-state index contributed by atoms with van der Waals surface area (Å²) in [5.41, 5.74) is 5.65. The summed E-state index contributed by atoms with van der Waals surface area (Å²) in [6.45, 7) is 8.29. The van der Waals surface area contributed by atoms with Crippen molar-refractivity contribution in [3.8, 4) is 28.4 Å². The second-order valence-corrected chi connectivity index (χ2v) is 26.0. The van der Waals surface area contributed by atoms with E-state index in [2.05, 4.69) is 46.1 Å². The number of hydrogen-bond donors (Lipinski definition) is 4. The van der Waals surface area contributed by atoms with Gasteiger partial charge in [0.2, 0.25) is 11.8 Å². The molecule has 5 amide bonds. The van der Waals surface area contributed by atoms with Crippen molar-refractivity contribution in [3.63, 3.8) is 0 Å². The van der Waals surface area contributed by atoms with Gasteiger partial charge in [0.05, 0.1) is 39.3 Å². The fraction of sp³-hybridized carbons (Fsp3) is 0.373. The maximum Gasteiger partial charge on any atom is 0.293 e. The molecule has 5 aliphatic heterocycles. The highest BCUT2D eigenvalue weighted by molar-refractivity contribution is 7.90. The molecule has 4 fully saturated rings. The molecule has 0 saturated carbocycles. The first-order valence-corrected chi connectivity index (χ1v) is 32.9. The summed E-state index contributed by atoms with van der Waals surface area (Å²) in [4.78, 5) is 92.2. The largest absolute Gasteiger partial charge is 0.493 e. The van der Waals surface area contributed by atoms with Gasteiger partial charge >= 0.3 is 0 Å². The van der Waals surface area contributed by atoms with Crippen LogP contribution in [0.3, 0.4) is 0 Å². The number of aryl methyl sites for hydroxylation is 1. The molecule has 1 atom stereocenters. The van der Waals surface area contributed by atoms with Crippen molar-refractivity contribution < 1.29 is 51.5 Å². The lowest BCUT2D eigenvalue weighted by Gasteiger charge is -2.37. The van der Waals surface area contributed by atoms with Crippen LogP contribution in [0.1, 0.15) is 100.0 Å². The molecule has 0 bridgehead atoms. The van der Waals surface area contributed by atoms with Crippen LogP contribution in [0.25, 0.3) is 22.2 Å². The third kappa shape index (κ3) is 14.4. The summed E-state index contributed by atoms with van der Waals surface area (Å²) in [5, 5.41) is 19.0. The fourth-order valence-corrected chi connectivity index (χ4v) is 14.0. The number of benzene rings is 5. The van der Waals surface area contributed by atoms with Gasteiger partial charge < -0.3 is 34.3 Å². The van der Waals surface area contributed by atoms with Gasteiger partial charge in [-0.15, -0.1) is 0 Å². The first-order chi connectivity index (χ1) is 44.1. The lowest BCUT2D eigenvalue weighted by Crippen LogP contribution is -2.54. The summed E-state index contributed by atoms with van der Waals surface area (Å²) < 4.78 is 48.5. The van der Waals surface area contributed by atoms with Crippen LogP contribution in [0, 0.1) is 22.0 Å². The van der Waals surface area contributed by atoms with Gasteiger partial charge in [0.15, 0.2) is 0 Å². The third-order valence-corrected chi connectivity index (χ3v) is 19.6. The number of halogens is 1. The van der Waals surface area contributed by atoms with E-state index in [0.717, 1.165) is 115 Å². The normalized spacial score (nSPS) is 17.9. The number of imide groups is 2. The van der Waals surface area contributed by atoms with E-state index in [4.69, 9.17) is 25.8 Å². The lowest BCUT2D eigenvalue weighted by molar-refractivity contribution is -0.384. The topological polar surface area (TPSA) is 268 Å². The number of aromatic amines is 1. The number of likely N-dealkylation sites (tertiary alicyclic amines) is 1. The highest BCUT2D eigenvalue weighted by atomic mass is 35.5. The number of hydrogen-bond acceptors (Lipinski definition) is 17. The Labute approximate surface area is 531 Å². The average Bonchev–Trinajstić information content (AvgIpc) is 1.65. The number of H-pyrrole nitrogens is 1. The van der Waals surface area contributed by atoms with E-state index in [1.807, 2.05) is 48.5 Å². The van der Waals surface area contributed by atoms with Crippen LogP contribution in [0.2, 0.25) is 5.02 Å². The molecule has 12 rings (SSSR count). The number of aromatic nitrogens is 2. The van der Waals surface area contributed by atoms with Crippen LogP contribution < -0.4 is 29.7 Å². The summed E-state index contributed by atoms with van der Waals surface area (Å²) >= 11 is 6.38. The molecule has 22 nitrogen and oxygen atoms in total. The minimum Gasteiger partial charge on any atom is -0.493 e. The van der Waals surface area contributed by atoms with Gasteiger partial charge in [-0.05, 0) is 160 Å². The van der Waals surface area contributed by atoms with Crippen LogP contribution in [0.4, 0.5) is 17.1 Å². The van der Waals surface area contributed by atoms with Gasteiger partial charge in [0, 0.05) is 98.9 Å². The summed E-state index contributed by atoms with van der Waals surface area (Å²) in [7, 11) is -4.62. The van der Waals surface area contributed by atoms with Gasteiger partial charge in [-0.1, -0.05) is 54.4 Å². The smallest absolute Gasteiger partial charge is 0.293 e. The van der Waals surface area contributed by atoms with E-state index in [-0.39, 0.29) is 35.8 Å². The van der Waals surface area contributed by atoms with E-state index in [9.17, 15) is 42.5 Å². The van der Waals surface area contributed by atoms with Crippen LogP contribution in [0.5, 0.6) is 17.2 Å². The number of ether oxygens (including phenoxy) is 3. The second kappa shape index (κ2) is 27.8. The number of nitro benzene ring substituents is 1. The molecule has 0 spiro atoms. The Morgan fingerprint density at radius 2 is 1.57 bits per heavy atom. The molecule has 474 valence electrons. The Hall–Kier alpha value is -8.74. The Bertz CT molecular complexity index is 4010. The Balaban J connectivity index is 0.667. The van der Waals surface area contributed by atoms with E-state index in [1.165, 1.54) is 24.4 Å². The number of carbonyl (C=O) groups excluding carboxylic acids is 5. The molecule has 24 heteroatoms. The Morgan fingerprint density at radius 1 is 0.791 bits per heavy atom. The number of rotatable bonds is 23. The second-order valence-electron chi connectivity index (χ2n) is 23.9. The molecule has 91 heavy (non-hydrogen) atoms. The SMILES string of the molecule is O=C1CCC(N2C(=O)c3cccc(CCCCCN4CCC(COc5cccc(-c6ccc(Cl)cc6)c5CN5CCN(c6ccc(C(=O)NS(=O)(=O)c7ccc(NCC8CCOCC8)c([N+](=O)[O-])c7)c(Oc7cnc8[nH]ccc8c7)c6)CC5)CC4)c3C2=O)C(=O)N1. The molecule has 1 unspecified atom stereocenters. The Kier molecular flexibility index (Phi) is 19.1. The first-order valence-electron chi connectivity index (χ1n) is 31.1. The van der Waals surface area contributed by atoms with Gasteiger partial charge in [-0.2, -0.15) is 0 Å². The molecule has 5 aliphatic rings. The molecule has 4 N–H and O–H groups in total. The predicted molar refractivity (Wildman–Crippen MR) is 342 cm³/mol. The van der Waals surface area contributed by atoms with Gasteiger partial charge in [-0.25, -0.2) is 18.1 Å². The minimum atomic E-state index is -4.62. The number of nitrogens with zero attached hydrogens (tertiary/aromatic N) is 6. The molecular weight excluding hydrogens is 1200 g/mol.